The highest BCUT2D eigenvalue weighted by Crippen LogP contribution is 2.29. The SMILES string of the molecule is CC(C)(C)N1CC(C(=O)Nc2ccc(Br)cc2Cl)CC1=O. The van der Waals surface area contributed by atoms with Crippen molar-refractivity contribution in [2.75, 3.05) is 11.9 Å². The van der Waals surface area contributed by atoms with Gasteiger partial charge in [0, 0.05) is 23.0 Å². The van der Waals surface area contributed by atoms with Crippen LogP contribution in [0, 0.1) is 5.92 Å². The quantitative estimate of drug-likeness (QED) is 0.859. The predicted molar refractivity (Wildman–Crippen MR) is 87.4 cm³/mol. The Morgan fingerprint density at radius 2 is 2.10 bits per heavy atom. The normalized spacial score (nSPS) is 19.0. The zero-order valence-corrected chi connectivity index (χ0v) is 14.6. The molecule has 1 aromatic carbocycles. The first-order chi connectivity index (χ1) is 9.68. The van der Waals surface area contributed by atoms with E-state index in [1.807, 2.05) is 26.8 Å². The maximum atomic E-state index is 12.3. The highest BCUT2D eigenvalue weighted by atomic mass is 79.9. The number of likely N-dealkylation sites (tertiary alicyclic amines) is 1. The molecule has 0 radical (unpaired) electrons. The lowest BCUT2D eigenvalue weighted by molar-refractivity contribution is -0.131. The zero-order valence-electron chi connectivity index (χ0n) is 12.2. The number of anilines is 1. The first kappa shape index (κ1) is 16.3. The number of benzene rings is 1. The van der Waals surface area contributed by atoms with Crippen LogP contribution in [0.1, 0.15) is 27.2 Å². The molecule has 0 saturated carbocycles. The fourth-order valence-corrected chi connectivity index (χ4v) is 3.08. The molecule has 1 aliphatic rings. The number of halogens is 2. The van der Waals surface area contributed by atoms with Gasteiger partial charge >= 0.3 is 0 Å². The third kappa shape index (κ3) is 3.77. The van der Waals surface area contributed by atoms with Gasteiger partial charge in [0.2, 0.25) is 11.8 Å². The van der Waals surface area contributed by atoms with E-state index < -0.39 is 0 Å². The number of hydrogen-bond donors (Lipinski definition) is 1. The van der Waals surface area contributed by atoms with Crippen molar-refractivity contribution in [1.29, 1.82) is 0 Å². The van der Waals surface area contributed by atoms with Crippen molar-refractivity contribution in [3.63, 3.8) is 0 Å². The van der Waals surface area contributed by atoms with Gasteiger partial charge in [0.25, 0.3) is 0 Å². The van der Waals surface area contributed by atoms with Crippen LogP contribution in [-0.4, -0.2) is 28.8 Å². The Labute approximate surface area is 138 Å². The molecule has 1 heterocycles. The van der Waals surface area contributed by atoms with E-state index in [1.165, 1.54) is 0 Å². The van der Waals surface area contributed by atoms with Crippen LogP contribution in [0.2, 0.25) is 5.02 Å². The van der Waals surface area contributed by atoms with E-state index in [0.29, 0.717) is 17.3 Å². The second kappa shape index (κ2) is 5.97. The van der Waals surface area contributed by atoms with Gasteiger partial charge in [0.1, 0.15) is 0 Å². The molecule has 21 heavy (non-hydrogen) atoms. The van der Waals surface area contributed by atoms with Crippen LogP contribution in [0.25, 0.3) is 0 Å². The fourth-order valence-electron chi connectivity index (χ4n) is 2.36. The summed E-state index contributed by atoms with van der Waals surface area (Å²) < 4.78 is 0.848. The summed E-state index contributed by atoms with van der Waals surface area (Å²) >= 11 is 9.41. The van der Waals surface area contributed by atoms with Gasteiger partial charge in [0.15, 0.2) is 0 Å². The Bertz CT molecular complexity index is 584. The minimum absolute atomic E-state index is 0.0181. The summed E-state index contributed by atoms with van der Waals surface area (Å²) in [5.74, 6) is -0.486. The molecule has 1 atom stereocenters. The van der Waals surface area contributed by atoms with E-state index in [9.17, 15) is 9.59 Å². The molecule has 1 aliphatic heterocycles. The molecule has 2 rings (SSSR count). The summed E-state index contributed by atoms with van der Waals surface area (Å²) in [4.78, 5) is 26.1. The van der Waals surface area contributed by atoms with Gasteiger partial charge in [-0.2, -0.15) is 0 Å². The number of rotatable bonds is 2. The molecule has 0 bridgehead atoms. The van der Waals surface area contributed by atoms with Gasteiger partial charge in [-0.25, -0.2) is 0 Å². The molecule has 2 amide bonds. The summed E-state index contributed by atoms with van der Waals surface area (Å²) in [7, 11) is 0. The third-order valence-corrected chi connectivity index (χ3v) is 4.30. The highest BCUT2D eigenvalue weighted by molar-refractivity contribution is 9.10. The average Bonchev–Trinajstić information content (AvgIpc) is 2.75. The van der Waals surface area contributed by atoms with E-state index in [0.717, 1.165) is 4.47 Å². The topological polar surface area (TPSA) is 49.4 Å². The summed E-state index contributed by atoms with van der Waals surface area (Å²) in [6.07, 6.45) is 0.247. The predicted octanol–water partition coefficient (Wildman–Crippen LogP) is 3.69. The summed E-state index contributed by atoms with van der Waals surface area (Å²) in [6.45, 7) is 6.35. The molecular formula is C15H18BrClN2O2. The Hall–Kier alpha value is -1.07. The molecule has 0 spiro atoms. The fraction of sp³-hybridized carbons (Fsp3) is 0.467. The van der Waals surface area contributed by atoms with Crippen molar-refractivity contribution in [3.05, 3.63) is 27.7 Å². The maximum absolute atomic E-state index is 12.3. The largest absolute Gasteiger partial charge is 0.337 e. The number of hydrogen-bond acceptors (Lipinski definition) is 2. The maximum Gasteiger partial charge on any atom is 0.229 e. The molecule has 1 fully saturated rings. The second-order valence-corrected chi connectivity index (χ2v) is 7.51. The van der Waals surface area contributed by atoms with Gasteiger partial charge in [-0.15, -0.1) is 0 Å². The summed E-state index contributed by atoms with van der Waals surface area (Å²) in [5, 5.41) is 3.27. The van der Waals surface area contributed by atoms with Crippen molar-refractivity contribution in [3.8, 4) is 0 Å². The molecule has 0 aliphatic carbocycles. The van der Waals surface area contributed by atoms with Crippen molar-refractivity contribution < 1.29 is 9.59 Å². The van der Waals surface area contributed by atoms with Gasteiger partial charge in [0.05, 0.1) is 16.6 Å². The molecule has 1 saturated heterocycles. The Morgan fingerprint density at radius 3 is 2.62 bits per heavy atom. The number of carbonyl (C=O) groups excluding carboxylic acids is 2. The van der Waals surface area contributed by atoms with Gasteiger partial charge < -0.3 is 10.2 Å². The molecule has 6 heteroatoms. The number of nitrogens with zero attached hydrogens (tertiary/aromatic N) is 1. The van der Waals surface area contributed by atoms with Gasteiger partial charge in [-0.1, -0.05) is 27.5 Å². The standard InChI is InChI=1S/C15H18BrClN2O2/c1-15(2,3)19-8-9(6-13(19)20)14(21)18-12-5-4-10(16)7-11(12)17/h4-5,7,9H,6,8H2,1-3H3,(H,18,21). The van der Waals surface area contributed by atoms with Crippen LogP contribution in [-0.2, 0) is 9.59 Å². The lowest BCUT2D eigenvalue weighted by Gasteiger charge is -2.31. The smallest absolute Gasteiger partial charge is 0.229 e. The van der Waals surface area contributed by atoms with Crippen molar-refractivity contribution in [1.82, 2.24) is 4.90 Å². The Balaban J connectivity index is 2.07. The van der Waals surface area contributed by atoms with Crippen molar-refractivity contribution in [2.24, 2.45) is 5.92 Å². The van der Waals surface area contributed by atoms with E-state index in [-0.39, 0.29) is 29.7 Å². The van der Waals surface area contributed by atoms with E-state index in [4.69, 9.17) is 11.6 Å². The lowest BCUT2D eigenvalue weighted by Crippen LogP contribution is -2.42. The van der Waals surface area contributed by atoms with Gasteiger partial charge in [-0.3, -0.25) is 9.59 Å². The van der Waals surface area contributed by atoms with Crippen LogP contribution in [0.4, 0.5) is 5.69 Å². The first-order valence-electron chi connectivity index (χ1n) is 6.75. The van der Waals surface area contributed by atoms with Crippen LogP contribution < -0.4 is 5.32 Å². The lowest BCUT2D eigenvalue weighted by atomic mass is 10.1. The van der Waals surface area contributed by atoms with Crippen LogP contribution in [0.15, 0.2) is 22.7 Å². The Kier molecular flexibility index (Phi) is 4.63. The number of amides is 2. The molecule has 1 N–H and O–H groups in total. The zero-order chi connectivity index (χ0) is 15.8. The third-order valence-electron chi connectivity index (χ3n) is 3.49. The summed E-state index contributed by atoms with van der Waals surface area (Å²) in [6, 6.07) is 5.27. The van der Waals surface area contributed by atoms with Crippen molar-refractivity contribution in [2.45, 2.75) is 32.7 Å². The van der Waals surface area contributed by atoms with Crippen molar-refractivity contribution >= 4 is 45.0 Å². The number of carbonyl (C=O) groups is 2. The highest BCUT2D eigenvalue weighted by Gasteiger charge is 2.39. The summed E-state index contributed by atoms with van der Waals surface area (Å²) in [5.41, 5.74) is 0.299. The van der Waals surface area contributed by atoms with Crippen LogP contribution in [0.3, 0.4) is 0 Å². The minimum Gasteiger partial charge on any atom is -0.337 e. The molecular weight excluding hydrogens is 356 g/mol. The first-order valence-corrected chi connectivity index (χ1v) is 7.92. The molecule has 4 nitrogen and oxygen atoms in total. The monoisotopic (exact) mass is 372 g/mol. The van der Waals surface area contributed by atoms with E-state index >= 15 is 0 Å². The molecule has 0 aromatic heterocycles. The average molecular weight is 374 g/mol. The van der Waals surface area contributed by atoms with E-state index in [2.05, 4.69) is 21.2 Å². The Morgan fingerprint density at radius 1 is 1.43 bits per heavy atom. The number of nitrogens with one attached hydrogen (secondary N) is 1. The van der Waals surface area contributed by atoms with Crippen LogP contribution >= 0.6 is 27.5 Å². The van der Waals surface area contributed by atoms with E-state index in [1.54, 1.807) is 17.0 Å². The molecule has 1 aromatic rings. The molecule has 1 unspecified atom stereocenters. The molecule has 114 valence electrons. The van der Waals surface area contributed by atoms with Crippen LogP contribution in [0.5, 0.6) is 0 Å². The van der Waals surface area contributed by atoms with Gasteiger partial charge in [-0.05, 0) is 39.0 Å². The second-order valence-electron chi connectivity index (χ2n) is 6.19. The minimum atomic E-state index is -0.337.